The predicted molar refractivity (Wildman–Crippen MR) is 161 cm³/mol. The van der Waals surface area contributed by atoms with Crippen molar-refractivity contribution in [3.8, 4) is 0 Å². The largest absolute Gasteiger partial charge is 0.432 e. The highest BCUT2D eigenvalue weighted by atomic mass is 35.5. The highest BCUT2D eigenvalue weighted by molar-refractivity contribution is 6.72. The molecular formula is C30H34ClN5O4Si. The van der Waals surface area contributed by atoms with Gasteiger partial charge in [-0.25, -0.2) is 9.97 Å². The Hall–Kier alpha value is -3.44. The van der Waals surface area contributed by atoms with Crippen molar-refractivity contribution in [2.24, 2.45) is 0 Å². The summed E-state index contributed by atoms with van der Waals surface area (Å²) in [5.74, 6) is -0.475. The molecule has 9 nitrogen and oxygen atoms in total. The van der Waals surface area contributed by atoms with Crippen molar-refractivity contribution < 1.29 is 19.1 Å². The Labute approximate surface area is 245 Å². The second-order valence-electron chi connectivity index (χ2n) is 12.0. The molecule has 0 aliphatic carbocycles. The molecule has 0 atom stereocenters. The molecule has 2 N–H and O–H groups in total. The van der Waals surface area contributed by atoms with Gasteiger partial charge in [0.15, 0.2) is 14.1 Å². The van der Waals surface area contributed by atoms with E-state index in [4.69, 9.17) is 16.3 Å². The minimum absolute atomic E-state index is 0.164. The number of ketones is 1. The van der Waals surface area contributed by atoms with Crippen LogP contribution in [-0.2, 0) is 21.5 Å². The van der Waals surface area contributed by atoms with Crippen LogP contribution in [0, 0.1) is 0 Å². The third-order valence-electron chi connectivity index (χ3n) is 8.40. The fourth-order valence-electron chi connectivity index (χ4n) is 4.88. The molecule has 0 radical (unpaired) electrons. The van der Waals surface area contributed by atoms with E-state index in [-0.39, 0.29) is 28.7 Å². The maximum absolute atomic E-state index is 13.8. The Bertz CT molecular complexity index is 1590. The molecule has 4 heterocycles. The van der Waals surface area contributed by atoms with Crippen molar-refractivity contribution >= 4 is 48.3 Å². The number of fused-ring (bicyclic) bond motifs is 1. The van der Waals surface area contributed by atoms with Crippen LogP contribution >= 0.6 is 11.6 Å². The first kappa shape index (κ1) is 29.1. The number of aromatic nitrogens is 4. The maximum atomic E-state index is 13.8. The Morgan fingerprint density at radius 3 is 2.54 bits per heavy atom. The molecule has 1 aliphatic rings. The van der Waals surface area contributed by atoms with Crippen molar-refractivity contribution in [2.75, 3.05) is 18.5 Å². The summed E-state index contributed by atoms with van der Waals surface area (Å²) in [6, 6.07) is 8.69. The second-order valence-corrected chi connectivity index (χ2v) is 16.9. The third-order valence-corrected chi connectivity index (χ3v) is 12.2. The molecule has 0 saturated carbocycles. The predicted octanol–water partition coefficient (Wildman–Crippen LogP) is 5.38. The lowest BCUT2D eigenvalue weighted by molar-refractivity contribution is -0.115. The van der Waals surface area contributed by atoms with Gasteiger partial charge in [0.05, 0.1) is 42.6 Å². The van der Waals surface area contributed by atoms with Gasteiger partial charge < -0.3 is 19.4 Å². The number of hydrogen-bond donors (Lipinski definition) is 2. The molecule has 3 aromatic heterocycles. The van der Waals surface area contributed by atoms with Crippen LogP contribution < -0.4 is 5.32 Å². The number of ether oxygens (including phenoxy) is 1. The number of pyridine rings is 1. The molecule has 4 aromatic rings. The standard InChI is InChI=1S/C30H34ClN5O4Si/c1-29(2,41(3,4)39)9-10-30(17-40-18-30)36-16-25(24-15-33-19-34-28(24)36)27(38)21-12-23(14-32-13-21)35-26(37)11-20-5-7-22(31)8-6-20/h5-8,12-16,19,39H,9-11,17-18H2,1-4H3,(H,35,37). The minimum Gasteiger partial charge on any atom is -0.432 e. The zero-order valence-corrected chi connectivity index (χ0v) is 25.4. The van der Waals surface area contributed by atoms with E-state index >= 15 is 0 Å². The number of carbonyl (C=O) groups excluding carboxylic acids is 2. The molecule has 1 amide bonds. The van der Waals surface area contributed by atoms with Crippen molar-refractivity contribution in [1.82, 2.24) is 19.5 Å². The van der Waals surface area contributed by atoms with Crippen LogP contribution in [0.15, 0.2) is 61.4 Å². The second kappa shape index (κ2) is 11.1. The van der Waals surface area contributed by atoms with Crippen molar-refractivity contribution in [3.63, 3.8) is 0 Å². The molecular weight excluding hydrogens is 558 g/mol. The first-order valence-electron chi connectivity index (χ1n) is 13.5. The summed E-state index contributed by atoms with van der Waals surface area (Å²) >= 11 is 5.94. The zero-order valence-electron chi connectivity index (χ0n) is 23.6. The van der Waals surface area contributed by atoms with E-state index < -0.39 is 8.32 Å². The van der Waals surface area contributed by atoms with Gasteiger partial charge in [0.25, 0.3) is 0 Å². The van der Waals surface area contributed by atoms with E-state index in [9.17, 15) is 14.4 Å². The van der Waals surface area contributed by atoms with Crippen LogP contribution in [0.4, 0.5) is 5.69 Å². The van der Waals surface area contributed by atoms with Gasteiger partial charge in [0.2, 0.25) is 5.91 Å². The number of rotatable bonds is 10. The van der Waals surface area contributed by atoms with E-state index in [1.54, 1.807) is 36.5 Å². The molecule has 0 unspecified atom stereocenters. The summed E-state index contributed by atoms with van der Waals surface area (Å²) in [6.07, 6.45) is 9.71. The summed E-state index contributed by atoms with van der Waals surface area (Å²) in [6.45, 7) is 9.16. The number of benzene rings is 1. The Balaban J connectivity index is 1.40. The molecule has 1 aromatic carbocycles. The summed E-state index contributed by atoms with van der Waals surface area (Å²) in [5, 5.41) is 3.87. The number of anilines is 1. The smallest absolute Gasteiger partial charge is 0.228 e. The third kappa shape index (κ3) is 5.96. The van der Waals surface area contributed by atoms with Crippen molar-refractivity contribution in [3.05, 3.63) is 83.2 Å². The first-order valence-corrected chi connectivity index (χ1v) is 16.9. The van der Waals surface area contributed by atoms with Gasteiger partial charge in [0.1, 0.15) is 12.0 Å². The fourth-order valence-corrected chi connectivity index (χ4v) is 5.74. The van der Waals surface area contributed by atoms with Gasteiger partial charge in [-0.05, 0) is 54.7 Å². The van der Waals surface area contributed by atoms with Crippen LogP contribution in [0.5, 0.6) is 0 Å². The zero-order chi connectivity index (χ0) is 29.4. The van der Waals surface area contributed by atoms with Gasteiger partial charge in [-0.3, -0.25) is 14.6 Å². The van der Waals surface area contributed by atoms with Gasteiger partial charge in [-0.15, -0.1) is 0 Å². The molecule has 5 rings (SSSR count). The Kier molecular flexibility index (Phi) is 7.86. The number of carbonyl (C=O) groups is 2. The molecule has 0 spiro atoms. The number of hydrogen-bond acceptors (Lipinski definition) is 7. The molecule has 11 heteroatoms. The lowest BCUT2D eigenvalue weighted by atomic mass is 9.87. The normalized spacial score (nSPS) is 15.0. The monoisotopic (exact) mass is 591 g/mol. The maximum Gasteiger partial charge on any atom is 0.228 e. The van der Waals surface area contributed by atoms with Gasteiger partial charge in [-0.1, -0.05) is 37.6 Å². The number of nitrogens with zero attached hydrogens (tertiary/aromatic N) is 4. The van der Waals surface area contributed by atoms with Gasteiger partial charge in [0, 0.05) is 34.6 Å². The van der Waals surface area contributed by atoms with E-state index in [2.05, 4.69) is 34.1 Å². The lowest BCUT2D eigenvalue weighted by Crippen LogP contribution is -2.52. The van der Waals surface area contributed by atoms with Crippen molar-refractivity contribution in [1.29, 1.82) is 0 Å². The van der Waals surface area contributed by atoms with Gasteiger partial charge >= 0.3 is 0 Å². The highest BCUT2D eigenvalue weighted by Gasteiger charge is 2.46. The van der Waals surface area contributed by atoms with Crippen LogP contribution in [-0.4, -0.2) is 57.5 Å². The fraction of sp³-hybridized carbons (Fsp3) is 0.367. The summed E-state index contributed by atoms with van der Waals surface area (Å²) in [5.41, 5.74) is 2.32. The average Bonchev–Trinajstić information content (AvgIpc) is 3.28. The lowest BCUT2D eigenvalue weighted by Gasteiger charge is -2.46. The highest BCUT2D eigenvalue weighted by Crippen LogP contribution is 2.45. The van der Waals surface area contributed by atoms with Crippen LogP contribution in [0.3, 0.4) is 0 Å². The average molecular weight is 592 g/mol. The van der Waals surface area contributed by atoms with E-state index in [0.717, 1.165) is 18.4 Å². The summed E-state index contributed by atoms with van der Waals surface area (Å²) in [4.78, 5) is 50.2. The number of halogens is 1. The minimum atomic E-state index is -2.40. The van der Waals surface area contributed by atoms with E-state index in [1.165, 1.54) is 18.7 Å². The van der Waals surface area contributed by atoms with E-state index in [1.807, 2.05) is 23.9 Å². The Morgan fingerprint density at radius 1 is 1.15 bits per heavy atom. The van der Waals surface area contributed by atoms with Crippen LogP contribution in [0.25, 0.3) is 11.0 Å². The van der Waals surface area contributed by atoms with Gasteiger partial charge in [-0.2, -0.15) is 0 Å². The number of nitrogens with one attached hydrogen (secondary N) is 1. The SMILES string of the molecule is CC(C)(CCC1(n2cc(C(=O)c3cncc(NC(=O)Cc4ccc(Cl)cc4)c3)c3cncnc32)COC1)[Si](C)(C)O. The molecule has 1 aliphatic heterocycles. The molecule has 1 saturated heterocycles. The van der Waals surface area contributed by atoms with Crippen LogP contribution in [0.2, 0.25) is 23.2 Å². The van der Waals surface area contributed by atoms with Crippen LogP contribution in [0.1, 0.15) is 48.2 Å². The quantitative estimate of drug-likeness (QED) is 0.188. The topological polar surface area (TPSA) is 119 Å². The molecule has 41 heavy (non-hydrogen) atoms. The van der Waals surface area contributed by atoms with Crippen molar-refractivity contribution in [2.45, 2.75) is 56.8 Å². The molecule has 0 bridgehead atoms. The number of amides is 1. The van der Waals surface area contributed by atoms with E-state index in [0.29, 0.717) is 46.1 Å². The molecule has 214 valence electrons. The summed E-state index contributed by atoms with van der Waals surface area (Å²) in [7, 11) is -2.40. The first-order chi connectivity index (χ1) is 19.4. The summed E-state index contributed by atoms with van der Waals surface area (Å²) < 4.78 is 7.74. The molecule has 1 fully saturated rings. The Morgan fingerprint density at radius 2 is 1.88 bits per heavy atom.